The zero-order valence-corrected chi connectivity index (χ0v) is 18.7. The largest absolute Gasteiger partial charge is 0.342 e. The average molecular weight is 450 g/mol. The molecule has 1 fully saturated rings. The summed E-state index contributed by atoms with van der Waals surface area (Å²) in [6.45, 7) is 2.60. The van der Waals surface area contributed by atoms with Gasteiger partial charge in [0.25, 0.3) is 11.8 Å². The first-order valence-corrected chi connectivity index (χ1v) is 11.2. The first-order valence-electron chi connectivity index (χ1n) is 11.2. The molecule has 0 saturated carbocycles. The fourth-order valence-electron chi connectivity index (χ4n) is 4.36. The summed E-state index contributed by atoms with van der Waals surface area (Å²) in [5, 5.41) is 3.25. The van der Waals surface area contributed by atoms with Gasteiger partial charge in [-0.3, -0.25) is 14.9 Å². The van der Waals surface area contributed by atoms with Crippen LogP contribution in [0.4, 0.5) is 10.5 Å². The number of aryl methyl sites for hydroxylation is 1. The fourth-order valence-corrected chi connectivity index (χ4v) is 4.36. The second-order valence-electron chi connectivity index (χ2n) is 8.16. The predicted octanol–water partition coefficient (Wildman–Crippen LogP) is 4.92. The minimum absolute atomic E-state index is 0.0758. The van der Waals surface area contributed by atoms with E-state index in [9.17, 15) is 14.4 Å². The number of fused-ring (bicyclic) bond motifs is 1. The molecule has 4 aromatic rings. The first-order chi connectivity index (χ1) is 16.6. The molecule has 0 radical (unpaired) electrons. The van der Waals surface area contributed by atoms with Crippen molar-refractivity contribution in [1.82, 2.24) is 9.88 Å². The molecule has 2 heterocycles. The number of nitrogens with one attached hydrogen (secondary N) is 1. The maximum absolute atomic E-state index is 13.4. The monoisotopic (exact) mass is 449 g/mol. The van der Waals surface area contributed by atoms with E-state index < -0.39 is 17.8 Å². The number of hydrogen-bond acceptors (Lipinski definition) is 3. The third-order valence-corrected chi connectivity index (χ3v) is 6.03. The maximum Gasteiger partial charge on any atom is 0.335 e. The number of anilines is 1. The van der Waals surface area contributed by atoms with Crippen LogP contribution in [0.3, 0.4) is 0 Å². The number of para-hydroxylation sites is 2. The number of urea groups is 1. The van der Waals surface area contributed by atoms with E-state index in [2.05, 4.69) is 22.0 Å². The van der Waals surface area contributed by atoms with Crippen LogP contribution >= 0.6 is 0 Å². The molecular weight excluding hydrogens is 426 g/mol. The lowest BCUT2D eigenvalue weighted by Gasteiger charge is -2.27. The third-order valence-electron chi connectivity index (χ3n) is 6.03. The molecule has 1 aromatic heterocycles. The van der Waals surface area contributed by atoms with E-state index >= 15 is 0 Å². The van der Waals surface area contributed by atoms with Crippen molar-refractivity contribution in [3.05, 3.63) is 107 Å². The van der Waals surface area contributed by atoms with Crippen LogP contribution in [0, 0.1) is 0 Å². The van der Waals surface area contributed by atoms with Crippen LogP contribution in [-0.4, -0.2) is 22.4 Å². The molecule has 4 amide bonds. The zero-order valence-electron chi connectivity index (χ0n) is 18.7. The van der Waals surface area contributed by atoms with Crippen molar-refractivity contribution in [1.29, 1.82) is 0 Å². The molecule has 168 valence electrons. The Balaban J connectivity index is 1.58. The molecule has 1 aliphatic rings. The highest BCUT2D eigenvalue weighted by atomic mass is 16.2. The fraction of sp³-hybridized carbons (Fsp3) is 0.107. The lowest BCUT2D eigenvalue weighted by molar-refractivity contribution is -0.122. The summed E-state index contributed by atoms with van der Waals surface area (Å²) in [5.41, 5.74) is 4.13. The van der Waals surface area contributed by atoms with E-state index in [0.29, 0.717) is 18.7 Å². The minimum atomic E-state index is -0.737. The molecule has 0 aliphatic carbocycles. The molecule has 3 aromatic carbocycles. The van der Waals surface area contributed by atoms with E-state index in [0.717, 1.165) is 32.5 Å². The minimum Gasteiger partial charge on any atom is -0.342 e. The normalized spacial score (nSPS) is 15.3. The van der Waals surface area contributed by atoms with Gasteiger partial charge in [-0.1, -0.05) is 73.7 Å². The van der Waals surface area contributed by atoms with E-state index in [1.165, 1.54) is 0 Å². The van der Waals surface area contributed by atoms with E-state index in [1.807, 2.05) is 67.7 Å². The van der Waals surface area contributed by atoms with Gasteiger partial charge in [-0.2, -0.15) is 0 Å². The average Bonchev–Trinajstić information content (AvgIpc) is 3.19. The van der Waals surface area contributed by atoms with E-state index in [-0.39, 0.29) is 5.57 Å². The van der Waals surface area contributed by atoms with Crippen molar-refractivity contribution in [3.8, 4) is 0 Å². The van der Waals surface area contributed by atoms with Crippen LogP contribution in [-0.2, 0) is 22.6 Å². The Bertz CT molecular complexity index is 1450. The van der Waals surface area contributed by atoms with E-state index in [1.54, 1.807) is 18.2 Å². The Kier molecular flexibility index (Phi) is 5.55. The van der Waals surface area contributed by atoms with Crippen molar-refractivity contribution < 1.29 is 14.4 Å². The molecule has 1 aliphatic heterocycles. The van der Waals surface area contributed by atoms with Crippen molar-refractivity contribution in [2.75, 3.05) is 4.90 Å². The number of rotatable bonds is 5. The van der Waals surface area contributed by atoms with Gasteiger partial charge in [0.1, 0.15) is 5.57 Å². The Hall–Kier alpha value is -4.45. The SMILES string of the molecule is CCc1ccccc1N1C(=O)NC(=O)/C(=C\c2cn(Cc3ccccc3)c3ccccc23)C1=O. The van der Waals surface area contributed by atoms with Crippen LogP contribution < -0.4 is 10.2 Å². The van der Waals surface area contributed by atoms with Gasteiger partial charge in [0, 0.05) is 29.2 Å². The van der Waals surface area contributed by atoms with Crippen molar-refractivity contribution in [3.63, 3.8) is 0 Å². The van der Waals surface area contributed by atoms with Crippen molar-refractivity contribution in [2.24, 2.45) is 0 Å². The number of benzene rings is 3. The quantitative estimate of drug-likeness (QED) is 0.347. The second-order valence-corrected chi connectivity index (χ2v) is 8.16. The molecule has 5 rings (SSSR count). The van der Waals surface area contributed by atoms with Crippen LogP contribution in [0.2, 0.25) is 0 Å². The topological polar surface area (TPSA) is 71.4 Å². The van der Waals surface area contributed by atoms with Gasteiger partial charge in [-0.15, -0.1) is 0 Å². The van der Waals surface area contributed by atoms with Crippen molar-refractivity contribution in [2.45, 2.75) is 19.9 Å². The Morgan fingerprint density at radius 2 is 1.56 bits per heavy atom. The first kappa shape index (κ1) is 21.4. The van der Waals surface area contributed by atoms with Crippen LogP contribution in [0.5, 0.6) is 0 Å². The van der Waals surface area contributed by atoms with Crippen LogP contribution in [0.15, 0.2) is 90.6 Å². The summed E-state index contributed by atoms with van der Waals surface area (Å²) in [6, 6.07) is 24.4. The number of nitrogens with zero attached hydrogens (tertiary/aromatic N) is 2. The lowest BCUT2D eigenvalue weighted by atomic mass is 10.0. The van der Waals surface area contributed by atoms with Gasteiger partial charge in [0.15, 0.2) is 0 Å². The van der Waals surface area contributed by atoms with Crippen molar-refractivity contribution >= 4 is 40.5 Å². The Labute approximate surface area is 197 Å². The molecule has 0 atom stereocenters. The van der Waals surface area contributed by atoms with Gasteiger partial charge in [0.2, 0.25) is 0 Å². The Morgan fingerprint density at radius 1 is 0.853 bits per heavy atom. The molecule has 0 unspecified atom stereocenters. The number of imide groups is 2. The molecule has 1 saturated heterocycles. The van der Waals surface area contributed by atoms with Gasteiger partial charge >= 0.3 is 6.03 Å². The number of hydrogen-bond donors (Lipinski definition) is 1. The highest BCUT2D eigenvalue weighted by Crippen LogP contribution is 2.28. The smallest absolute Gasteiger partial charge is 0.335 e. The van der Waals surface area contributed by atoms with Gasteiger partial charge in [-0.05, 0) is 35.8 Å². The lowest BCUT2D eigenvalue weighted by Crippen LogP contribution is -2.54. The maximum atomic E-state index is 13.4. The summed E-state index contributed by atoms with van der Waals surface area (Å²) in [5.74, 6) is -1.32. The van der Waals surface area contributed by atoms with E-state index in [4.69, 9.17) is 0 Å². The summed E-state index contributed by atoms with van der Waals surface area (Å²) >= 11 is 0. The van der Waals surface area contributed by atoms with Gasteiger partial charge in [0.05, 0.1) is 5.69 Å². The zero-order chi connectivity index (χ0) is 23.7. The van der Waals surface area contributed by atoms with Gasteiger partial charge in [-0.25, -0.2) is 9.69 Å². The predicted molar refractivity (Wildman–Crippen MR) is 132 cm³/mol. The summed E-state index contributed by atoms with van der Waals surface area (Å²) in [7, 11) is 0. The third kappa shape index (κ3) is 3.79. The molecule has 6 heteroatoms. The molecular formula is C28H23N3O3. The summed E-state index contributed by atoms with van der Waals surface area (Å²) < 4.78 is 2.09. The summed E-state index contributed by atoms with van der Waals surface area (Å²) in [4.78, 5) is 39.8. The van der Waals surface area contributed by atoms with Crippen LogP contribution in [0.1, 0.15) is 23.6 Å². The highest BCUT2D eigenvalue weighted by molar-refractivity contribution is 6.39. The Morgan fingerprint density at radius 3 is 2.35 bits per heavy atom. The number of carbonyl (C=O) groups excluding carboxylic acids is 3. The molecule has 34 heavy (non-hydrogen) atoms. The van der Waals surface area contributed by atoms with Gasteiger partial charge < -0.3 is 4.57 Å². The number of amides is 4. The molecule has 0 spiro atoms. The summed E-state index contributed by atoms with van der Waals surface area (Å²) in [6.07, 6.45) is 4.16. The number of aromatic nitrogens is 1. The second kappa shape index (κ2) is 8.83. The number of carbonyl (C=O) groups is 3. The molecule has 0 bridgehead atoms. The standard InChI is InChI=1S/C28H23N3O3/c1-2-20-12-6-8-14-24(20)31-27(33)23(26(32)29-28(31)34)16-21-18-30(17-19-10-4-3-5-11-19)25-15-9-7-13-22(21)25/h3-16,18H,2,17H2,1H3,(H,29,32,34)/b23-16+. The molecule has 1 N–H and O–H groups in total. The van der Waals surface area contributed by atoms with Crippen LogP contribution in [0.25, 0.3) is 17.0 Å². The molecule has 6 nitrogen and oxygen atoms in total. The highest BCUT2D eigenvalue weighted by Gasteiger charge is 2.37. The number of barbiturate groups is 1.